The van der Waals surface area contributed by atoms with E-state index in [2.05, 4.69) is 10.3 Å². The van der Waals surface area contributed by atoms with Crippen LogP contribution in [0.15, 0.2) is 24.4 Å². The summed E-state index contributed by atoms with van der Waals surface area (Å²) >= 11 is 0. The maximum Gasteiger partial charge on any atom is 0.271 e. The highest BCUT2D eigenvalue weighted by molar-refractivity contribution is 5.44. The van der Waals surface area contributed by atoms with Gasteiger partial charge >= 0.3 is 0 Å². The number of non-ortho nitro benzene ring substituents is 1. The Morgan fingerprint density at radius 3 is 2.81 bits per heavy atom. The topological polar surface area (TPSA) is 99.9 Å². The Morgan fingerprint density at radius 2 is 2.25 bits per heavy atom. The first kappa shape index (κ1) is 10.0. The molecule has 0 bridgehead atoms. The van der Waals surface area contributed by atoms with Gasteiger partial charge in [-0.05, 0) is 6.07 Å². The highest BCUT2D eigenvalue weighted by Gasteiger charge is 2.13. The summed E-state index contributed by atoms with van der Waals surface area (Å²) in [5, 5.41) is 17.5. The van der Waals surface area contributed by atoms with Crippen LogP contribution in [0.3, 0.4) is 0 Å². The molecule has 2 N–H and O–H groups in total. The van der Waals surface area contributed by atoms with Crippen LogP contribution in [0.5, 0.6) is 0 Å². The van der Waals surface area contributed by atoms with Gasteiger partial charge in [0, 0.05) is 12.1 Å². The maximum atomic E-state index is 13.4. The number of rotatable bonds is 2. The second-order valence-corrected chi connectivity index (χ2v) is 2.98. The summed E-state index contributed by atoms with van der Waals surface area (Å²) in [4.78, 5) is 9.89. The van der Waals surface area contributed by atoms with Crippen LogP contribution in [0.25, 0.3) is 5.69 Å². The molecule has 1 aromatic carbocycles. The molecule has 0 aliphatic rings. The lowest BCUT2D eigenvalue weighted by Crippen LogP contribution is -2.00. The fourth-order valence-electron chi connectivity index (χ4n) is 1.18. The van der Waals surface area contributed by atoms with E-state index in [0.717, 1.165) is 22.9 Å². The molecule has 0 aliphatic carbocycles. The van der Waals surface area contributed by atoms with Crippen molar-refractivity contribution in [3.05, 3.63) is 40.3 Å². The van der Waals surface area contributed by atoms with E-state index >= 15 is 0 Å². The smallest absolute Gasteiger partial charge is 0.271 e. The zero-order chi connectivity index (χ0) is 11.7. The van der Waals surface area contributed by atoms with E-state index in [-0.39, 0.29) is 17.2 Å². The summed E-state index contributed by atoms with van der Waals surface area (Å²) in [6.07, 6.45) is 1.27. The van der Waals surface area contributed by atoms with Gasteiger partial charge in [-0.1, -0.05) is 5.21 Å². The number of aromatic nitrogens is 3. The molecule has 0 aliphatic heterocycles. The third-order valence-electron chi connectivity index (χ3n) is 1.90. The third kappa shape index (κ3) is 1.67. The molecule has 0 spiro atoms. The minimum absolute atomic E-state index is 0.0709. The van der Waals surface area contributed by atoms with Gasteiger partial charge in [-0.25, -0.2) is 9.07 Å². The first-order chi connectivity index (χ1) is 7.58. The molecule has 0 unspecified atom stereocenters. The Hall–Kier alpha value is -2.51. The van der Waals surface area contributed by atoms with Crippen LogP contribution in [0.2, 0.25) is 0 Å². The van der Waals surface area contributed by atoms with Gasteiger partial charge < -0.3 is 5.73 Å². The van der Waals surface area contributed by atoms with Gasteiger partial charge in [-0.2, -0.15) is 0 Å². The van der Waals surface area contributed by atoms with Gasteiger partial charge in [0.05, 0.1) is 11.1 Å². The van der Waals surface area contributed by atoms with Gasteiger partial charge in [-0.15, -0.1) is 5.10 Å². The number of nitrogens with zero attached hydrogens (tertiary/aromatic N) is 4. The number of nitrogens with two attached hydrogens (primary N) is 1. The molecule has 8 heteroatoms. The summed E-state index contributed by atoms with van der Waals surface area (Å²) in [7, 11) is 0. The Labute approximate surface area is 88.4 Å². The Bertz CT molecular complexity index is 553. The molecule has 82 valence electrons. The number of nitrogen functional groups attached to an aromatic ring is 1. The monoisotopic (exact) mass is 223 g/mol. The van der Waals surface area contributed by atoms with Crippen molar-refractivity contribution in [2.45, 2.75) is 0 Å². The Kier molecular flexibility index (Phi) is 2.24. The van der Waals surface area contributed by atoms with Crippen LogP contribution in [0.4, 0.5) is 15.9 Å². The Morgan fingerprint density at radius 1 is 1.50 bits per heavy atom. The molecule has 0 saturated carbocycles. The van der Waals surface area contributed by atoms with Gasteiger partial charge in [0.25, 0.3) is 5.69 Å². The molecule has 1 aromatic heterocycles. The second kappa shape index (κ2) is 3.57. The summed E-state index contributed by atoms with van der Waals surface area (Å²) in [5.41, 5.74) is 5.01. The first-order valence-corrected chi connectivity index (χ1v) is 4.20. The number of hydrogen-bond acceptors (Lipinski definition) is 5. The average Bonchev–Trinajstić information content (AvgIpc) is 2.65. The molecule has 2 rings (SSSR count). The van der Waals surface area contributed by atoms with Crippen molar-refractivity contribution in [3.8, 4) is 5.69 Å². The van der Waals surface area contributed by atoms with Crippen molar-refractivity contribution >= 4 is 11.5 Å². The highest BCUT2D eigenvalue weighted by Crippen LogP contribution is 2.19. The maximum absolute atomic E-state index is 13.4. The summed E-state index contributed by atoms with van der Waals surface area (Å²) in [5.74, 6) is -0.540. The number of hydrogen-bond donors (Lipinski definition) is 1. The van der Waals surface area contributed by atoms with E-state index in [1.165, 1.54) is 6.20 Å². The largest absolute Gasteiger partial charge is 0.381 e. The third-order valence-corrected chi connectivity index (χ3v) is 1.90. The molecule has 0 atom stereocenters. The SMILES string of the molecule is Nc1cn(-c2cc([N+](=O)[O-])ccc2F)nn1. The second-order valence-electron chi connectivity index (χ2n) is 2.98. The van der Waals surface area contributed by atoms with Crippen LogP contribution >= 0.6 is 0 Å². The van der Waals surface area contributed by atoms with Crippen molar-refractivity contribution in [1.29, 1.82) is 0 Å². The normalized spacial score (nSPS) is 10.3. The van der Waals surface area contributed by atoms with E-state index in [1.807, 2.05) is 0 Å². The van der Waals surface area contributed by atoms with E-state index in [1.54, 1.807) is 0 Å². The Balaban J connectivity index is 2.55. The molecule has 0 saturated heterocycles. The lowest BCUT2D eigenvalue weighted by atomic mass is 10.2. The van der Waals surface area contributed by atoms with Crippen molar-refractivity contribution in [2.24, 2.45) is 0 Å². The van der Waals surface area contributed by atoms with Crippen LogP contribution in [0.1, 0.15) is 0 Å². The van der Waals surface area contributed by atoms with E-state index < -0.39 is 10.7 Å². The quantitative estimate of drug-likeness (QED) is 0.602. The number of nitro benzene ring substituents is 1. The summed E-state index contributed by atoms with van der Waals surface area (Å²) in [6.45, 7) is 0. The number of benzene rings is 1. The van der Waals surface area contributed by atoms with Crippen LogP contribution in [-0.4, -0.2) is 19.9 Å². The van der Waals surface area contributed by atoms with E-state index in [9.17, 15) is 14.5 Å². The molecule has 16 heavy (non-hydrogen) atoms. The molecule has 2 aromatic rings. The number of anilines is 1. The average molecular weight is 223 g/mol. The number of halogens is 1. The zero-order valence-electron chi connectivity index (χ0n) is 7.87. The lowest BCUT2D eigenvalue weighted by Gasteiger charge is -2.01. The molecule has 1 heterocycles. The van der Waals surface area contributed by atoms with Gasteiger partial charge in [0.2, 0.25) is 0 Å². The zero-order valence-corrected chi connectivity index (χ0v) is 7.87. The van der Waals surface area contributed by atoms with Gasteiger partial charge in [-0.3, -0.25) is 10.1 Å². The molecule has 0 amide bonds. The fourth-order valence-corrected chi connectivity index (χ4v) is 1.18. The lowest BCUT2D eigenvalue weighted by molar-refractivity contribution is -0.384. The molecule has 0 fully saturated rings. The first-order valence-electron chi connectivity index (χ1n) is 4.20. The van der Waals surface area contributed by atoms with Crippen LogP contribution < -0.4 is 5.73 Å². The van der Waals surface area contributed by atoms with Crippen molar-refractivity contribution in [3.63, 3.8) is 0 Å². The van der Waals surface area contributed by atoms with Crippen LogP contribution in [-0.2, 0) is 0 Å². The molecule has 7 nitrogen and oxygen atoms in total. The number of nitro groups is 1. The summed E-state index contributed by atoms with van der Waals surface area (Å²) in [6, 6.07) is 3.12. The molecule has 0 radical (unpaired) electrons. The van der Waals surface area contributed by atoms with Gasteiger partial charge in [0.15, 0.2) is 5.82 Å². The standard InChI is InChI=1S/C8H6FN5O2/c9-6-2-1-5(14(15)16)3-7(6)13-4-8(10)11-12-13/h1-4H,10H2. The van der Waals surface area contributed by atoms with Crippen molar-refractivity contribution < 1.29 is 9.31 Å². The highest BCUT2D eigenvalue weighted by atomic mass is 19.1. The fraction of sp³-hybridized carbons (Fsp3) is 0. The predicted molar refractivity (Wildman–Crippen MR) is 52.4 cm³/mol. The predicted octanol–water partition coefficient (Wildman–Crippen LogP) is 0.897. The molecular formula is C8H6FN5O2. The van der Waals surface area contributed by atoms with Crippen molar-refractivity contribution in [1.82, 2.24) is 15.0 Å². The van der Waals surface area contributed by atoms with E-state index in [4.69, 9.17) is 5.73 Å². The molecular weight excluding hydrogens is 217 g/mol. The van der Waals surface area contributed by atoms with Crippen LogP contribution in [0, 0.1) is 15.9 Å². The van der Waals surface area contributed by atoms with E-state index in [0.29, 0.717) is 0 Å². The summed E-state index contributed by atoms with van der Waals surface area (Å²) < 4.78 is 14.4. The van der Waals surface area contributed by atoms with Gasteiger partial charge in [0.1, 0.15) is 11.5 Å². The minimum atomic E-state index is -0.643. The van der Waals surface area contributed by atoms with Crippen molar-refractivity contribution in [2.75, 3.05) is 5.73 Å². The minimum Gasteiger partial charge on any atom is -0.381 e.